The highest BCUT2D eigenvalue weighted by molar-refractivity contribution is 6.01. The molecule has 102 valence electrons. The van der Waals surface area contributed by atoms with Gasteiger partial charge >= 0.3 is 5.97 Å². The fraction of sp³-hybridized carbons (Fsp3) is 0.846. The van der Waals surface area contributed by atoms with E-state index >= 15 is 0 Å². The Balaban J connectivity index is 2.01. The first-order valence-electron chi connectivity index (χ1n) is 6.87. The molecule has 0 aromatic rings. The van der Waals surface area contributed by atoms with Crippen LogP contribution >= 0.6 is 0 Å². The highest BCUT2D eigenvalue weighted by Gasteiger charge is 2.40. The predicted octanol–water partition coefficient (Wildman–Crippen LogP) is 0.668. The quantitative estimate of drug-likeness (QED) is 0.593. The van der Waals surface area contributed by atoms with Crippen LogP contribution in [0.3, 0.4) is 0 Å². The van der Waals surface area contributed by atoms with Gasteiger partial charge in [-0.1, -0.05) is 6.42 Å². The molecule has 3 atom stereocenters. The van der Waals surface area contributed by atoms with E-state index in [9.17, 15) is 9.59 Å². The third kappa shape index (κ3) is 2.51. The number of carbonyl (C=O) groups is 2. The summed E-state index contributed by atoms with van der Waals surface area (Å²) in [6.45, 7) is 2.70. The molecule has 1 amide bonds. The number of hydrogen-bond acceptors (Lipinski definition) is 4. The lowest BCUT2D eigenvalue weighted by Gasteiger charge is -2.38. The monoisotopic (exact) mass is 254 g/mol. The van der Waals surface area contributed by atoms with Crippen LogP contribution in [0.25, 0.3) is 0 Å². The third-order valence-electron chi connectivity index (χ3n) is 4.08. The molecule has 0 radical (unpaired) electrons. The normalized spacial score (nSPS) is 28.7. The summed E-state index contributed by atoms with van der Waals surface area (Å²) in [6, 6.07) is -0.851. The maximum absolute atomic E-state index is 12.3. The van der Waals surface area contributed by atoms with Crippen LogP contribution in [-0.4, -0.2) is 42.0 Å². The molecule has 3 unspecified atom stereocenters. The average molecular weight is 254 g/mol. The van der Waals surface area contributed by atoms with E-state index in [-0.39, 0.29) is 12.5 Å². The molecule has 1 heterocycles. The molecule has 1 aliphatic heterocycles. The van der Waals surface area contributed by atoms with Crippen LogP contribution in [-0.2, 0) is 14.3 Å². The number of carbonyl (C=O) groups excluding carboxylic acids is 2. The molecule has 1 saturated heterocycles. The first-order valence-corrected chi connectivity index (χ1v) is 6.87. The predicted molar refractivity (Wildman–Crippen MR) is 66.7 cm³/mol. The topological polar surface area (TPSA) is 72.6 Å². The van der Waals surface area contributed by atoms with Crippen LogP contribution in [0.15, 0.2) is 0 Å². The zero-order valence-corrected chi connectivity index (χ0v) is 10.9. The summed E-state index contributed by atoms with van der Waals surface area (Å²) in [7, 11) is 0. The van der Waals surface area contributed by atoms with Crippen molar-refractivity contribution in [2.24, 2.45) is 11.7 Å². The number of ether oxygens (including phenoxy) is 1. The molecular formula is C13H22N2O3. The van der Waals surface area contributed by atoms with Gasteiger partial charge in [-0.25, -0.2) is 4.79 Å². The van der Waals surface area contributed by atoms with Crippen LogP contribution in [0, 0.1) is 5.92 Å². The van der Waals surface area contributed by atoms with Crippen molar-refractivity contribution in [3.05, 3.63) is 0 Å². The van der Waals surface area contributed by atoms with Gasteiger partial charge in [0.15, 0.2) is 6.04 Å². The number of rotatable bonds is 3. The number of likely N-dealkylation sites (tertiary alicyclic amines) is 1. The summed E-state index contributed by atoms with van der Waals surface area (Å²) in [4.78, 5) is 25.6. The Bertz CT molecular complexity index is 332. The minimum atomic E-state index is -1.15. The number of fused-ring (bicyclic) bond motifs is 1. The van der Waals surface area contributed by atoms with Crippen LogP contribution < -0.4 is 5.73 Å². The van der Waals surface area contributed by atoms with Gasteiger partial charge in [0, 0.05) is 12.6 Å². The van der Waals surface area contributed by atoms with E-state index in [0.29, 0.717) is 12.0 Å². The molecular weight excluding hydrogens is 232 g/mol. The van der Waals surface area contributed by atoms with Crippen LogP contribution in [0.1, 0.15) is 39.0 Å². The van der Waals surface area contributed by atoms with E-state index in [0.717, 1.165) is 19.4 Å². The van der Waals surface area contributed by atoms with Crippen molar-refractivity contribution < 1.29 is 14.3 Å². The molecule has 1 aliphatic carbocycles. The lowest BCUT2D eigenvalue weighted by molar-refractivity contribution is -0.152. The first kappa shape index (κ1) is 13.3. The SMILES string of the molecule is CCOC(=O)C(N)C(=O)N1CCCC2CCCC21. The minimum Gasteiger partial charge on any atom is -0.464 e. The minimum absolute atomic E-state index is 0.256. The van der Waals surface area contributed by atoms with Gasteiger partial charge < -0.3 is 15.4 Å². The highest BCUT2D eigenvalue weighted by atomic mass is 16.5. The van der Waals surface area contributed by atoms with Crippen molar-refractivity contribution in [3.8, 4) is 0 Å². The van der Waals surface area contributed by atoms with Gasteiger partial charge in [0.05, 0.1) is 6.61 Å². The van der Waals surface area contributed by atoms with Crippen molar-refractivity contribution >= 4 is 11.9 Å². The molecule has 2 fully saturated rings. The van der Waals surface area contributed by atoms with Crippen molar-refractivity contribution in [2.45, 2.75) is 51.1 Å². The number of esters is 1. The number of amides is 1. The lowest BCUT2D eigenvalue weighted by atomic mass is 9.91. The smallest absolute Gasteiger partial charge is 0.332 e. The van der Waals surface area contributed by atoms with E-state index in [1.165, 1.54) is 19.3 Å². The molecule has 5 heteroatoms. The summed E-state index contributed by atoms with van der Waals surface area (Å²) in [6.07, 6.45) is 5.63. The molecule has 5 nitrogen and oxygen atoms in total. The zero-order valence-electron chi connectivity index (χ0n) is 10.9. The van der Waals surface area contributed by atoms with Gasteiger partial charge in [-0.2, -0.15) is 0 Å². The van der Waals surface area contributed by atoms with Crippen LogP contribution in [0.2, 0.25) is 0 Å². The van der Waals surface area contributed by atoms with Crippen molar-refractivity contribution in [3.63, 3.8) is 0 Å². The number of piperidine rings is 1. The van der Waals surface area contributed by atoms with E-state index < -0.39 is 12.0 Å². The number of hydrogen-bond donors (Lipinski definition) is 1. The first-order chi connectivity index (χ1) is 8.65. The van der Waals surface area contributed by atoms with Gasteiger partial charge in [-0.05, 0) is 38.5 Å². The second kappa shape index (κ2) is 5.69. The Kier molecular flexibility index (Phi) is 4.22. The largest absolute Gasteiger partial charge is 0.464 e. The van der Waals surface area contributed by atoms with Crippen molar-refractivity contribution in [2.75, 3.05) is 13.2 Å². The molecule has 1 saturated carbocycles. The fourth-order valence-corrected chi connectivity index (χ4v) is 3.24. The Labute approximate surface area is 108 Å². The summed E-state index contributed by atoms with van der Waals surface area (Å²) in [5, 5.41) is 0. The maximum atomic E-state index is 12.3. The zero-order chi connectivity index (χ0) is 13.1. The van der Waals surface area contributed by atoms with E-state index in [4.69, 9.17) is 10.5 Å². The summed E-state index contributed by atoms with van der Waals surface area (Å²) in [5.74, 6) is -0.259. The Morgan fingerprint density at radius 3 is 2.78 bits per heavy atom. The van der Waals surface area contributed by atoms with Crippen LogP contribution in [0.4, 0.5) is 0 Å². The van der Waals surface area contributed by atoms with E-state index in [2.05, 4.69) is 0 Å². The summed E-state index contributed by atoms with van der Waals surface area (Å²) < 4.78 is 4.82. The summed E-state index contributed by atoms with van der Waals surface area (Å²) >= 11 is 0. The van der Waals surface area contributed by atoms with E-state index in [1.807, 2.05) is 4.90 Å². The second-order valence-electron chi connectivity index (χ2n) is 5.16. The number of nitrogens with two attached hydrogens (primary N) is 1. The third-order valence-corrected chi connectivity index (χ3v) is 4.08. The highest BCUT2D eigenvalue weighted by Crippen LogP contribution is 2.36. The van der Waals surface area contributed by atoms with Gasteiger partial charge in [0.1, 0.15) is 0 Å². The average Bonchev–Trinajstić information content (AvgIpc) is 2.85. The van der Waals surface area contributed by atoms with Gasteiger partial charge in [-0.15, -0.1) is 0 Å². The summed E-state index contributed by atoms with van der Waals surface area (Å²) in [5.41, 5.74) is 5.69. The van der Waals surface area contributed by atoms with Gasteiger partial charge in [-0.3, -0.25) is 4.79 Å². The molecule has 0 spiro atoms. The molecule has 0 aromatic carbocycles. The van der Waals surface area contributed by atoms with Gasteiger partial charge in [0.2, 0.25) is 0 Å². The molecule has 2 aliphatic rings. The molecule has 18 heavy (non-hydrogen) atoms. The molecule has 0 bridgehead atoms. The van der Waals surface area contributed by atoms with Crippen LogP contribution in [0.5, 0.6) is 0 Å². The molecule has 2 N–H and O–H groups in total. The van der Waals surface area contributed by atoms with Gasteiger partial charge in [0.25, 0.3) is 5.91 Å². The Morgan fingerprint density at radius 1 is 1.33 bits per heavy atom. The molecule has 0 aromatic heterocycles. The Morgan fingerprint density at radius 2 is 2.06 bits per heavy atom. The Hall–Kier alpha value is -1.10. The van der Waals surface area contributed by atoms with Crippen molar-refractivity contribution in [1.82, 2.24) is 4.90 Å². The lowest BCUT2D eigenvalue weighted by Crippen LogP contribution is -2.55. The second-order valence-corrected chi connectivity index (χ2v) is 5.16. The fourth-order valence-electron chi connectivity index (χ4n) is 3.24. The standard InChI is InChI=1S/C13H22N2O3/c1-2-18-13(17)11(14)12(16)15-8-4-6-9-5-3-7-10(9)15/h9-11H,2-8,14H2,1H3. The number of nitrogens with zero attached hydrogens (tertiary/aromatic N) is 1. The molecule has 2 rings (SSSR count). The van der Waals surface area contributed by atoms with E-state index in [1.54, 1.807) is 6.92 Å². The van der Waals surface area contributed by atoms with Crippen molar-refractivity contribution in [1.29, 1.82) is 0 Å². The maximum Gasteiger partial charge on any atom is 0.332 e.